The van der Waals surface area contributed by atoms with Gasteiger partial charge in [-0.2, -0.15) is 0 Å². The van der Waals surface area contributed by atoms with E-state index in [4.69, 9.17) is 19.0 Å². The van der Waals surface area contributed by atoms with Crippen molar-refractivity contribution in [1.82, 2.24) is 0 Å². The zero-order chi connectivity index (χ0) is 18.2. The Hall–Kier alpha value is -2.60. The van der Waals surface area contributed by atoms with E-state index >= 15 is 0 Å². The lowest BCUT2D eigenvalue weighted by atomic mass is 9.90. The maximum atomic E-state index is 12.1. The summed E-state index contributed by atoms with van der Waals surface area (Å²) in [5, 5.41) is 9.69. The van der Waals surface area contributed by atoms with E-state index in [2.05, 4.69) is 0 Å². The van der Waals surface area contributed by atoms with Gasteiger partial charge in [0.05, 0.1) is 6.61 Å². The van der Waals surface area contributed by atoms with Gasteiger partial charge in [-0.25, -0.2) is 9.59 Å². The summed E-state index contributed by atoms with van der Waals surface area (Å²) in [7, 11) is 0. The Morgan fingerprint density at radius 2 is 2.16 bits per heavy atom. The average molecular weight is 344 g/mol. The molecule has 2 aromatic rings. The van der Waals surface area contributed by atoms with Gasteiger partial charge in [0.25, 0.3) is 0 Å². The summed E-state index contributed by atoms with van der Waals surface area (Å²) < 4.78 is 16.8. The SMILES string of the molecule is C/C(=C\CO)C(=O)OC1Cc2cc3ccc(=O)oc3cc2OC1(C)C. The third-order valence-corrected chi connectivity index (χ3v) is 4.32. The highest BCUT2D eigenvalue weighted by molar-refractivity contribution is 5.88. The molecule has 0 saturated heterocycles. The molecule has 1 aliphatic heterocycles. The molecule has 1 N–H and O–H groups in total. The second-order valence-electron chi connectivity index (χ2n) is 6.63. The fourth-order valence-electron chi connectivity index (χ4n) is 2.82. The van der Waals surface area contributed by atoms with E-state index in [9.17, 15) is 9.59 Å². The normalized spacial score (nSPS) is 19.2. The van der Waals surface area contributed by atoms with E-state index in [0.29, 0.717) is 23.3 Å². The number of carbonyl (C=O) groups is 1. The molecule has 6 heteroatoms. The minimum absolute atomic E-state index is 0.217. The fraction of sp³-hybridized carbons (Fsp3) is 0.368. The number of esters is 1. The lowest BCUT2D eigenvalue weighted by Gasteiger charge is -2.39. The van der Waals surface area contributed by atoms with Crippen LogP contribution in [0.2, 0.25) is 0 Å². The smallest absolute Gasteiger partial charge is 0.336 e. The largest absolute Gasteiger partial charge is 0.484 e. The van der Waals surface area contributed by atoms with Gasteiger partial charge in [0.1, 0.15) is 23.0 Å². The van der Waals surface area contributed by atoms with Crippen molar-refractivity contribution < 1.29 is 23.8 Å². The van der Waals surface area contributed by atoms with Crippen LogP contribution in [0.5, 0.6) is 5.75 Å². The topological polar surface area (TPSA) is 86.0 Å². The molecule has 0 radical (unpaired) electrons. The maximum absolute atomic E-state index is 12.1. The Kier molecular flexibility index (Phi) is 4.39. The van der Waals surface area contributed by atoms with E-state index in [0.717, 1.165) is 10.9 Å². The van der Waals surface area contributed by atoms with E-state index < -0.39 is 23.3 Å². The van der Waals surface area contributed by atoms with Crippen LogP contribution in [-0.2, 0) is 16.0 Å². The molecule has 1 aliphatic rings. The van der Waals surface area contributed by atoms with Crippen LogP contribution in [0.4, 0.5) is 0 Å². The Morgan fingerprint density at radius 1 is 1.40 bits per heavy atom. The van der Waals surface area contributed by atoms with Gasteiger partial charge in [0.2, 0.25) is 0 Å². The Labute approximate surface area is 144 Å². The summed E-state index contributed by atoms with van der Waals surface area (Å²) >= 11 is 0. The number of carbonyl (C=O) groups excluding carboxylic acids is 1. The van der Waals surface area contributed by atoms with Crippen LogP contribution in [0.3, 0.4) is 0 Å². The van der Waals surface area contributed by atoms with Crippen LogP contribution in [-0.4, -0.2) is 29.4 Å². The number of benzene rings is 1. The molecular formula is C19H20O6. The number of aliphatic hydroxyl groups excluding tert-OH is 1. The average Bonchev–Trinajstić information content (AvgIpc) is 2.53. The monoisotopic (exact) mass is 344 g/mol. The minimum atomic E-state index is -0.745. The molecule has 1 atom stereocenters. The summed E-state index contributed by atoms with van der Waals surface area (Å²) in [4.78, 5) is 23.5. The predicted octanol–water partition coefficient (Wildman–Crippen LogP) is 2.36. The van der Waals surface area contributed by atoms with Crippen LogP contribution in [0.15, 0.2) is 45.1 Å². The molecule has 6 nitrogen and oxygen atoms in total. The molecule has 132 valence electrons. The van der Waals surface area contributed by atoms with Gasteiger partial charge in [-0.15, -0.1) is 0 Å². The highest BCUT2D eigenvalue weighted by Crippen LogP contribution is 2.37. The summed E-state index contributed by atoms with van der Waals surface area (Å²) in [6.07, 6.45) is 1.40. The molecule has 3 rings (SSSR count). The summed E-state index contributed by atoms with van der Waals surface area (Å²) in [6, 6.07) is 6.63. The van der Waals surface area contributed by atoms with Crippen molar-refractivity contribution in [2.45, 2.75) is 38.9 Å². The third kappa shape index (κ3) is 3.44. The van der Waals surface area contributed by atoms with Crippen LogP contribution in [0.1, 0.15) is 26.3 Å². The number of hydrogen-bond donors (Lipinski definition) is 1. The van der Waals surface area contributed by atoms with Crippen LogP contribution >= 0.6 is 0 Å². The molecule has 0 spiro atoms. The van der Waals surface area contributed by atoms with E-state index in [1.54, 1.807) is 19.1 Å². The summed E-state index contributed by atoms with van der Waals surface area (Å²) in [5.74, 6) is 0.132. The first kappa shape index (κ1) is 17.2. The van der Waals surface area contributed by atoms with Gasteiger partial charge >= 0.3 is 11.6 Å². The van der Waals surface area contributed by atoms with Crippen molar-refractivity contribution in [3.8, 4) is 5.75 Å². The molecule has 0 amide bonds. The molecule has 0 saturated carbocycles. The van der Waals surface area contributed by atoms with E-state index in [1.807, 2.05) is 19.9 Å². The Bertz CT molecular complexity index is 906. The van der Waals surface area contributed by atoms with Crippen LogP contribution in [0, 0.1) is 0 Å². The number of aliphatic hydroxyl groups is 1. The zero-order valence-electron chi connectivity index (χ0n) is 14.4. The van der Waals surface area contributed by atoms with Crippen molar-refractivity contribution >= 4 is 16.9 Å². The van der Waals surface area contributed by atoms with Gasteiger partial charge in [0.15, 0.2) is 0 Å². The van der Waals surface area contributed by atoms with Gasteiger partial charge in [-0.1, -0.05) is 0 Å². The molecule has 0 bridgehead atoms. The molecule has 0 aliphatic carbocycles. The highest BCUT2D eigenvalue weighted by Gasteiger charge is 2.40. The third-order valence-electron chi connectivity index (χ3n) is 4.32. The van der Waals surface area contributed by atoms with Gasteiger partial charge < -0.3 is 19.0 Å². The first-order valence-electron chi connectivity index (χ1n) is 8.04. The first-order valence-corrected chi connectivity index (χ1v) is 8.04. The van der Waals surface area contributed by atoms with Crippen molar-refractivity contribution in [3.05, 3.63) is 51.9 Å². The molecule has 2 heterocycles. The maximum Gasteiger partial charge on any atom is 0.336 e. The quantitative estimate of drug-likeness (QED) is 0.523. The number of rotatable bonds is 3. The lowest BCUT2D eigenvalue weighted by Crippen LogP contribution is -2.48. The van der Waals surface area contributed by atoms with Gasteiger partial charge in [-0.05, 0) is 44.5 Å². The molecule has 1 aromatic heterocycles. The molecular weight excluding hydrogens is 324 g/mol. The van der Waals surface area contributed by atoms with E-state index in [1.165, 1.54) is 12.1 Å². The molecule has 1 aromatic carbocycles. The second-order valence-corrected chi connectivity index (χ2v) is 6.63. The number of ether oxygens (including phenoxy) is 2. The zero-order valence-corrected chi connectivity index (χ0v) is 14.4. The van der Waals surface area contributed by atoms with Crippen molar-refractivity contribution in [2.24, 2.45) is 0 Å². The molecule has 25 heavy (non-hydrogen) atoms. The standard InChI is InChI=1S/C19H20O6/c1-11(6-7-20)18(22)24-16-9-13-8-12-4-5-17(21)23-14(12)10-15(13)25-19(16,2)3/h4-6,8,10,16,20H,7,9H2,1-3H3/b11-6+. The highest BCUT2D eigenvalue weighted by atomic mass is 16.6. The predicted molar refractivity (Wildman–Crippen MR) is 91.6 cm³/mol. The minimum Gasteiger partial charge on any atom is -0.484 e. The fourth-order valence-corrected chi connectivity index (χ4v) is 2.82. The lowest BCUT2D eigenvalue weighted by molar-refractivity contribution is -0.156. The molecule has 0 fully saturated rings. The van der Waals surface area contributed by atoms with Crippen LogP contribution in [0.25, 0.3) is 11.0 Å². The number of hydrogen-bond acceptors (Lipinski definition) is 6. The Morgan fingerprint density at radius 3 is 2.88 bits per heavy atom. The first-order chi connectivity index (χ1) is 11.8. The summed E-state index contributed by atoms with van der Waals surface area (Å²) in [6.45, 7) is 5.05. The van der Waals surface area contributed by atoms with Gasteiger partial charge in [-0.3, -0.25) is 0 Å². The molecule has 1 unspecified atom stereocenters. The number of fused-ring (bicyclic) bond motifs is 2. The van der Waals surface area contributed by atoms with E-state index in [-0.39, 0.29) is 6.61 Å². The van der Waals surface area contributed by atoms with Crippen molar-refractivity contribution in [3.63, 3.8) is 0 Å². The van der Waals surface area contributed by atoms with Crippen molar-refractivity contribution in [2.75, 3.05) is 6.61 Å². The van der Waals surface area contributed by atoms with Gasteiger partial charge in [0, 0.05) is 29.5 Å². The Balaban J connectivity index is 1.93. The second kappa shape index (κ2) is 6.37. The van der Waals surface area contributed by atoms with Crippen molar-refractivity contribution in [1.29, 1.82) is 0 Å². The van der Waals surface area contributed by atoms with Crippen LogP contribution < -0.4 is 10.4 Å². The summed E-state index contributed by atoms with van der Waals surface area (Å²) in [5.41, 5.74) is 0.525.